The summed E-state index contributed by atoms with van der Waals surface area (Å²) in [5.74, 6) is 0.0946. The summed E-state index contributed by atoms with van der Waals surface area (Å²) in [4.78, 5) is 40.3. The molecule has 1 aromatic heterocycles. The monoisotopic (exact) mass is 396 g/mol. The van der Waals surface area contributed by atoms with Gasteiger partial charge in [-0.3, -0.25) is 9.36 Å². The van der Waals surface area contributed by atoms with E-state index in [-0.39, 0.29) is 29.6 Å². The second kappa shape index (κ2) is 8.06. The molecular formula is C21H24N4O4. The summed E-state index contributed by atoms with van der Waals surface area (Å²) in [6, 6.07) is 8.47. The number of nitrogens with one attached hydrogen (secondary N) is 2. The van der Waals surface area contributed by atoms with Gasteiger partial charge in [0.25, 0.3) is 0 Å². The summed E-state index contributed by atoms with van der Waals surface area (Å²) < 4.78 is 6.45. The SMILES string of the molecule is COC(=O)[C@H]1[C@H]2CC[C@@H](C2)[C@H]1NC(=O)Nc1cccc(Cn2cccnc2=O)c1. The number of anilines is 1. The van der Waals surface area contributed by atoms with E-state index in [0.717, 1.165) is 24.8 Å². The Balaban J connectivity index is 1.42. The van der Waals surface area contributed by atoms with Gasteiger partial charge in [0.05, 0.1) is 19.6 Å². The molecule has 2 N–H and O–H groups in total. The number of hydrogen-bond donors (Lipinski definition) is 2. The number of carbonyl (C=O) groups is 2. The molecule has 2 amide bonds. The van der Waals surface area contributed by atoms with Crippen LogP contribution in [0.15, 0.2) is 47.5 Å². The third-order valence-corrected chi connectivity index (χ3v) is 6.01. The number of fused-ring (bicyclic) bond motifs is 2. The first-order valence-corrected chi connectivity index (χ1v) is 9.81. The minimum absolute atomic E-state index is 0.196. The van der Waals surface area contributed by atoms with Crippen LogP contribution >= 0.6 is 0 Å². The van der Waals surface area contributed by atoms with Gasteiger partial charge in [0.15, 0.2) is 0 Å². The van der Waals surface area contributed by atoms with Gasteiger partial charge in [-0.1, -0.05) is 12.1 Å². The summed E-state index contributed by atoms with van der Waals surface area (Å²) in [6.45, 7) is 0.362. The second-order valence-corrected chi connectivity index (χ2v) is 7.74. The van der Waals surface area contributed by atoms with Crippen LogP contribution in [-0.4, -0.2) is 34.7 Å². The van der Waals surface area contributed by atoms with Crippen molar-refractivity contribution in [2.75, 3.05) is 12.4 Å². The number of methoxy groups -OCH3 is 1. The van der Waals surface area contributed by atoms with Crippen molar-refractivity contribution in [2.45, 2.75) is 31.8 Å². The van der Waals surface area contributed by atoms with E-state index in [0.29, 0.717) is 24.1 Å². The van der Waals surface area contributed by atoms with Crippen LogP contribution in [0, 0.1) is 17.8 Å². The number of hydrogen-bond acceptors (Lipinski definition) is 5. The lowest BCUT2D eigenvalue weighted by Crippen LogP contribution is -2.48. The number of esters is 1. The smallest absolute Gasteiger partial charge is 0.347 e. The van der Waals surface area contributed by atoms with Crippen molar-refractivity contribution in [3.8, 4) is 0 Å². The number of urea groups is 1. The van der Waals surface area contributed by atoms with Crippen molar-refractivity contribution >= 4 is 17.7 Å². The quantitative estimate of drug-likeness (QED) is 0.753. The highest BCUT2D eigenvalue weighted by Gasteiger charge is 2.52. The molecule has 0 radical (unpaired) electrons. The van der Waals surface area contributed by atoms with E-state index in [4.69, 9.17) is 4.74 Å². The summed E-state index contributed by atoms with van der Waals surface area (Å²) in [5, 5.41) is 5.83. The first-order valence-electron chi connectivity index (χ1n) is 9.81. The molecule has 152 valence electrons. The first kappa shape index (κ1) is 19.2. The number of amides is 2. The van der Waals surface area contributed by atoms with E-state index in [1.165, 1.54) is 17.9 Å². The number of ether oxygens (including phenoxy) is 1. The lowest BCUT2D eigenvalue weighted by atomic mass is 9.84. The highest BCUT2D eigenvalue weighted by molar-refractivity contribution is 5.90. The van der Waals surface area contributed by atoms with Crippen LogP contribution in [0.1, 0.15) is 24.8 Å². The Labute approximate surface area is 168 Å². The van der Waals surface area contributed by atoms with Gasteiger partial charge in [-0.25, -0.2) is 14.6 Å². The Morgan fingerprint density at radius 1 is 1.24 bits per heavy atom. The van der Waals surface area contributed by atoms with Crippen molar-refractivity contribution in [3.05, 3.63) is 58.8 Å². The van der Waals surface area contributed by atoms with Gasteiger partial charge in [-0.05, 0) is 54.9 Å². The molecular weight excluding hydrogens is 372 g/mol. The molecule has 4 atom stereocenters. The van der Waals surface area contributed by atoms with Gasteiger partial charge >= 0.3 is 17.7 Å². The predicted molar refractivity (Wildman–Crippen MR) is 106 cm³/mol. The molecule has 2 bridgehead atoms. The molecule has 2 aliphatic carbocycles. The zero-order valence-corrected chi connectivity index (χ0v) is 16.2. The van der Waals surface area contributed by atoms with Crippen LogP contribution in [0.3, 0.4) is 0 Å². The summed E-state index contributed by atoms with van der Waals surface area (Å²) in [5.41, 5.74) is 1.16. The summed E-state index contributed by atoms with van der Waals surface area (Å²) >= 11 is 0. The number of benzene rings is 1. The Hall–Kier alpha value is -3.16. The molecule has 1 heterocycles. The molecule has 0 spiro atoms. The van der Waals surface area contributed by atoms with Crippen LogP contribution < -0.4 is 16.3 Å². The average molecular weight is 396 g/mol. The number of carbonyl (C=O) groups excluding carboxylic acids is 2. The molecule has 0 unspecified atom stereocenters. The van der Waals surface area contributed by atoms with Crippen molar-refractivity contribution in [3.63, 3.8) is 0 Å². The fourth-order valence-electron chi connectivity index (χ4n) is 4.74. The standard InChI is InChI=1S/C21H24N4O4/c1-29-19(26)17-14-6-7-15(11-14)18(17)24-20(27)23-16-5-2-4-13(10-16)12-25-9-3-8-22-21(25)28/h2-5,8-10,14-15,17-18H,6-7,11-12H2,1H3,(H2,23,24,27)/t14-,15-,17-,18+/m0/s1. The molecule has 2 aromatic rings. The van der Waals surface area contributed by atoms with Crippen molar-refractivity contribution in [1.29, 1.82) is 0 Å². The van der Waals surface area contributed by atoms with Gasteiger partial charge in [-0.2, -0.15) is 0 Å². The molecule has 29 heavy (non-hydrogen) atoms. The molecule has 2 saturated carbocycles. The Bertz CT molecular complexity index is 973. The molecule has 2 fully saturated rings. The molecule has 1 aromatic carbocycles. The molecule has 0 saturated heterocycles. The predicted octanol–water partition coefficient (Wildman–Crippen LogP) is 2.00. The van der Waals surface area contributed by atoms with Gasteiger partial charge in [0, 0.05) is 24.1 Å². The van der Waals surface area contributed by atoms with E-state index < -0.39 is 0 Å². The Morgan fingerprint density at radius 2 is 2.07 bits per heavy atom. The van der Waals surface area contributed by atoms with Crippen molar-refractivity contribution in [2.24, 2.45) is 17.8 Å². The van der Waals surface area contributed by atoms with Crippen LogP contribution in [0.4, 0.5) is 10.5 Å². The van der Waals surface area contributed by atoms with E-state index in [1.807, 2.05) is 18.2 Å². The van der Waals surface area contributed by atoms with E-state index in [1.54, 1.807) is 18.3 Å². The molecule has 2 aliphatic rings. The number of nitrogens with zero attached hydrogens (tertiary/aromatic N) is 2. The lowest BCUT2D eigenvalue weighted by molar-refractivity contribution is -0.148. The molecule has 8 heteroatoms. The van der Waals surface area contributed by atoms with Crippen LogP contribution in [0.5, 0.6) is 0 Å². The Morgan fingerprint density at radius 3 is 2.86 bits per heavy atom. The van der Waals surface area contributed by atoms with Crippen LogP contribution in [0.2, 0.25) is 0 Å². The Kier molecular flexibility index (Phi) is 5.33. The van der Waals surface area contributed by atoms with Gasteiger partial charge in [0.1, 0.15) is 0 Å². The van der Waals surface area contributed by atoms with Crippen molar-refractivity contribution < 1.29 is 14.3 Å². The fourth-order valence-corrected chi connectivity index (χ4v) is 4.74. The zero-order chi connectivity index (χ0) is 20.4. The molecule has 0 aliphatic heterocycles. The normalized spacial score (nSPS) is 24.9. The number of aromatic nitrogens is 2. The topological polar surface area (TPSA) is 102 Å². The van der Waals surface area contributed by atoms with Crippen molar-refractivity contribution in [1.82, 2.24) is 14.9 Å². The first-order chi connectivity index (χ1) is 14.0. The van der Waals surface area contributed by atoms with Crippen LogP contribution in [-0.2, 0) is 16.1 Å². The van der Waals surface area contributed by atoms with E-state index in [2.05, 4.69) is 15.6 Å². The average Bonchev–Trinajstić information content (AvgIpc) is 3.31. The zero-order valence-electron chi connectivity index (χ0n) is 16.2. The second-order valence-electron chi connectivity index (χ2n) is 7.74. The van der Waals surface area contributed by atoms with Gasteiger partial charge < -0.3 is 15.4 Å². The maximum absolute atomic E-state index is 12.6. The largest absolute Gasteiger partial charge is 0.469 e. The van der Waals surface area contributed by atoms with Gasteiger partial charge in [-0.15, -0.1) is 0 Å². The van der Waals surface area contributed by atoms with E-state index in [9.17, 15) is 14.4 Å². The highest BCUT2D eigenvalue weighted by Crippen LogP contribution is 2.48. The number of rotatable bonds is 5. The lowest BCUT2D eigenvalue weighted by Gasteiger charge is -2.29. The van der Waals surface area contributed by atoms with E-state index >= 15 is 0 Å². The summed E-state index contributed by atoms with van der Waals surface area (Å²) in [6.07, 6.45) is 6.13. The minimum atomic E-state index is -0.341. The molecule has 4 rings (SSSR count). The third-order valence-electron chi connectivity index (χ3n) is 6.01. The fraction of sp³-hybridized carbons (Fsp3) is 0.429. The minimum Gasteiger partial charge on any atom is -0.469 e. The van der Waals surface area contributed by atoms with Crippen LogP contribution in [0.25, 0.3) is 0 Å². The van der Waals surface area contributed by atoms with Gasteiger partial charge in [0.2, 0.25) is 0 Å². The molecule has 8 nitrogen and oxygen atoms in total. The third kappa shape index (κ3) is 4.01. The maximum atomic E-state index is 12.6. The summed E-state index contributed by atoms with van der Waals surface area (Å²) in [7, 11) is 1.39. The maximum Gasteiger partial charge on any atom is 0.347 e. The highest BCUT2D eigenvalue weighted by atomic mass is 16.5.